The van der Waals surface area contributed by atoms with Crippen molar-refractivity contribution in [3.05, 3.63) is 0 Å². The van der Waals surface area contributed by atoms with Crippen molar-refractivity contribution in [2.75, 3.05) is 23.7 Å². The van der Waals surface area contributed by atoms with Crippen molar-refractivity contribution >= 4 is 23.6 Å². The molecule has 1 saturated carbocycles. The van der Waals surface area contributed by atoms with Gasteiger partial charge in [-0.3, -0.25) is 9.36 Å². The van der Waals surface area contributed by atoms with Gasteiger partial charge in [0.15, 0.2) is 5.16 Å². The summed E-state index contributed by atoms with van der Waals surface area (Å²) in [6.07, 6.45) is 4.83. The van der Waals surface area contributed by atoms with Gasteiger partial charge in [-0.05, 0) is 45.4 Å². The molecular formula is C16H27N5OS. The van der Waals surface area contributed by atoms with Crippen LogP contribution >= 0.6 is 11.8 Å². The Morgan fingerprint density at radius 1 is 1.26 bits per heavy atom. The summed E-state index contributed by atoms with van der Waals surface area (Å²) in [4.78, 5) is 14.2. The van der Waals surface area contributed by atoms with Crippen molar-refractivity contribution in [2.45, 2.75) is 63.7 Å². The fourth-order valence-corrected chi connectivity index (χ4v) is 3.75. The Kier molecular flexibility index (Phi) is 5.14. The molecule has 1 aromatic heterocycles. The summed E-state index contributed by atoms with van der Waals surface area (Å²) >= 11 is 1.50. The highest BCUT2D eigenvalue weighted by Gasteiger charge is 2.32. The Balaban J connectivity index is 1.68. The fraction of sp³-hybridized carbons (Fsp3) is 0.812. The molecule has 23 heavy (non-hydrogen) atoms. The number of amides is 1. The number of aromatic nitrogens is 3. The number of carbonyl (C=O) groups is 1. The zero-order valence-electron chi connectivity index (χ0n) is 14.3. The van der Waals surface area contributed by atoms with Gasteiger partial charge in [-0.25, -0.2) is 0 Å². The third-order valence-corrected chi connectivity index (χ3v) is 5.35. The Labute approximate surface area is 142 Å². The van der Waals surface area contributed by atoms with Gasteiger partial charge in [0.05, 0.1) is 5.75 Å². The van der Waals surface area contributed by atoms with Crippen LogP contribution in [0.1, 0.15) is 52.5 Å². The predicted octanol–water partition coefficient (Wildman–Crippen LogP) is 2.47. The molecule has 0 unspecified atom stereocenters. The van der Waals surface area contributed by atoms with Crippen molar-refractivity contribution < 1.29 is 4.79 Å². The van der Waals surface area contributed by atoms with Gasteiger partial charge < -0.3 is 10.2 Å². The topological polar surface area (TPSA) is 63.1 Å². The molecule has 1 aliphatic heterocycles. The van der Waals surface area contributed by atoms with Gasteiger partial charge in [0, 0.05) is 25.2 Å². The van der Waals surface area contributed by atoms with E-state index < -0.39 is 0 Å². The quantitative estimate of drug-likeness (QED) is 0.808. The number of carbonyl (C=O) groups excluding carboxylic acids is 1. The second-order valence-corrected chi connectivity index (χ2v) is 8.01. The van der Waals surface area contributed by atoms with Crippen molar-refractivity contribution in [3.8, 4) is 0 Å². The molecule has 0 aromatic carbocycles. The van der Waals surface area contributed by atoms with Gasteiger partial charge in [-0.1, -0.05) is 18.7 Å². The van der Waals surface area contributed by atoms with Gasteiger partial charge in [0.25, 0.3) is 0 Å². The first kappa shape index (κ1) is 16.6. The zero-order chi connectivity index (χ0) is 16.4. The Hall–Kier alpha value is -1.24. The fourth-order valence-electron chi connectivity index (χ4n) is 2.94. The minimum Gasteiger partial charge on any atom is -0.353 e. The summed E-state index contributed by atoms with van der Waals surface area (Å²) in [5.74, 6) is 2.27. The molecule has 0 spiro atoms. The second kappa shape index (κ2) is 7.11. The highest BCUT2D eigenvalue weighted by atomic mass is 32.2. The maximum absolute atomic E-state index is 11.9. The van der Waals surface area contributed by atoms with Gasteiger partial charge in [-0.15, -0.1) is 10.2 Å². The predicted molar refractivity (Wildman–Crippen MR) is 92.9 cm³/mol. The van der Waals surface area contributed by atoms with Crippen LogP contribution in [0.15, 0.2) is 5.16 Å². The van der Waals surface area contributed by atoms with Crippen LogP contribution in [0.25, 0.3) is 0 Å². The smallest absolute Gasteiger partial charge is 0.230 e. The Morgan fingerprint density at radius 2 is 1.96 bits per heavy atom. The van der Waals surface area contributed by atoms with Gasteiger partial charge >= 0.3 is 0 Å². The van der Waals surface area contributed by atoms with E-state index in [0.29, 0.717) is 11.8 Å². The van der Waals surface area contributed by atoms with E-state index in [1.54, 1.807) is 0 Å². The molecule has 2 fully saturated rings. The largest absolute Gasteiger partial charge is 0.353 e. The average molecular weight is 337 g/mol. The summed E-state index contributed by atoms with van der Waals surface area (Å²) in [5.41, 5.74) is 0. The van der Waals surface area contributed by atoms with Crippen molar-refractivity contribution in [3.63, 3.8) is 0 Å². The van der Waals surface area contributed by atoms with E-state index in [1.165, 1.54) is 37.4 Å². The first-order valence-electron chi connectivity index (χ1n) is 8.66. The van der Waals surface area contributed by atoms with E-state index >= 15 is 0 Å². The monoisotopic (exact) mass is 337 g/mol. The van der Waals surface area contributed by atoms with Crippen LogP contribution in [0.4, 0.5) is 5.95 Å². The average Bonchev–Trinajstić information content (AvgIpc) is 3.25. The molecule has 1 amide bonds. The van der Waals surface area contributed by atoms with Crippen molar-refractivity contribution in [1.29, 1.82) is 0 Å². The normalized spacial score (nSPS) is 19.4. The molecule has 7 heteroatoms. The summed E-state index contributed by atoms with van der Waals surface area (Å²) in [7, 11) is 0. The summed E-state index contributed by atoms with van der Waals surface area (Å²) < 4.78 is 2.27. The van der Waals surface area contributed by atoms with Crippen molar-refractivity contribution in [2.24, 2.45) is 5.92 Å². The molecule has 2 heterocycles. The molecule has 1 saturated heterocycles. The molecule has 1 aliphatic carbocycles. The van der Waals surface area contributed by atoms with Crippen LogP contribution in [0, 0.1) is 5.92 Å². The Morgan fingerprint density at radius 3 is 2.57 bits per heavy atom. The molecule has 128 valence electrons. The molecule has 1 aromatic rings. The number of hydrogen-bond donors (Lipinski definition) is 1. The number of hydrogen-bond acceptors (Lipinski definition) is 5. The maximum Gasteiger partial charge on any atom is 0.230 e. The highest BCUT2D eigenvalue weighted by molar-refractivity contribution is 7.99. The van der Waals surface area contributed by atoms with Crippen molar-refractivity contribution in [1.82, 2.24) is 20.1 Å². The lowest BCUT2D eigenvalue weighted by molar-refractivity contribution is -0.119. The van der Waals surface area contributed by atoms with Crippen LogP contribution in [-0.4, -0.2) is 45.6 Å². The van der Waals surface area contributed by atoms with Crippen LogP contribution < -0.4 is 10.2 Å². The zero-order valence-corrected chi connectivity index (χ0v) is 15.1. The summed E-state index contributed by atoms with van der Waals surface area (Å²) in [5, 5.41) is 12.6. The van der Waals surface area contributed by atoms with Gasteiger partial charge in [-0.2, -0.15) is 0 Å². The lowest BCUT2D eigenvalue weighted by Crippen LogP contribution is -2.34. The van der Waals surface area contributed by atoms with E-state index in [-0.39, 0.29) is 11.9 Å². The SMILES string of the molecule is CC1CCN(c2nnc(SCC(=O)NC(C)C)n2C2CC2)CC1. The Bertz CT molecular complexity index is 547. The standard InChI is InChI=1S/C16H27N5OS/c1-11(2)17-14(22)10-23-16-19-18-15(21(16)13-4-5-13)20-8-6-12(3)7-9-20/h11-13H,4-10H2,1-3H3,(H,17,22). The van der Waals surface area contributed by atoms with Gasteiger partial charge in [0.1, 0.15) is 0 Å². The lowest BCUT2D eigenvalue weighted by Gasteiger charge is -2.31. The molecule has 0 atom stereocenters. The maximum atomic E-state index is 11.9. The molecule has 2 aliphatic rings. The van der Waals surface area contributed by atoms with Crippen LogP contribution in [0.2, 0.25) is 0 Å². The first-order valence-corrected chi connectivity index (χ1v) is 9.65. The number of nitrogens with zero attached hydrogens (tertiary/aromatic N) is 4. The van der Waals surface area contributed by atoms with E-state index in [4.69, 9.17) is 0 Å². The molecule has 3 rings (SSSR count). The number of piperidine rings is 1. The molecular weight excluding hydrogens is 310 g/mol. The third kappa shape index (κ3) is 4.19. The molecule has 6 nitrogen and oxygen atoms in total. The number of anilines is 1. The van der Waals surface area contributed by atoms with E-state index in [0.717, 1.165) is 30.1 Å². The summed E-state index contributed by atoms with van der Waals surface area (Å²) in [6.45, 7) is 8.39. The first-order chi connectivity index (χ1) is 11.0. The molecule has 0 bridgehead atoms. The summed E-state index contributed by atoms with van der Waals surface area (Å²) in [6, 6.07) is 0.699. The van der Waals surface area contributed by atoms with E-state index in [9.17, 15) is 4.79 Å². The van der Waals surface area contributed by atoms with E-state index in [1.807, 2.05) is 13.8 Å². The molecule has 0 radical (unpaired) electrons. The number of rotatable bonds is 6. The minimum absolute atomic E-state index is 0.0590. The minimum atomic E-state index is 0.0590. The van der Waals surface area contributed by atoms with E-state index in [2.05, 4.69) is 31.9 Å². The number of thioether (sulfide) groups is 1. The lowest BCUT2D eigenvalue weighted by atomic mass is 10.00. The number of nitrogens with one attached hydrogen (secondary N) is 1. The van der Waals surface area contributed by atoms with Crippen LogP contribution in [-0.2, 0) is 4.79 Å². The highest BCUT2D eigenvalue weighted by Crippen LogP contribution is 2.41. The third-order valence-electron chi connectivity index (χ3n) is 4.41. The molecule has 1 N–H and O–H groups in total. The van der Waals surface area contributed by atoms with Gasteiger partial charge in [0.2, 0.25) is 11.9 Å². The van der Waals surface area contributed by atoms with Crippen LogP contribution in [0.3, 0.4) is 0 Å². The van der Waals surface area contributed by atoms with Crippen LogP contribution in [0.5, 0.6) is 0 Å². The second-order valence-electron chi connectivity index (χ2n) is 7.06.